The van der Waals surface area contributed by atoms with Crippen LogP contribution < -0.4 is 0 Å². The Kier molecular flexibility index (Phi) is 2.83. The molecular weight excluding hydrogens is 211 g/mol. The standard InChI is InChI=1S/C12H13FOS/c1-12(6-3-7-15-12)11(14)9-4-2-5-10(13)8-9/h2,4-5,8H,3,6-7H2,1H3. The molecule has 1 heterocycles. The third-order valence-corrected chi connectivity index (χ3v) is 4.31. The average Bonchev–Trinajstić information content (AvgIpc) is 2.65. The number of rotatable bonds is 2. The number of ketones is 1. The number of thioether (sulfide) groups is 1. The quantitative estimate of drug-likeness (QED) is 0.717. The van der Waals surface area contributed by atoms with Gasteiger partial charge in [0, 0.05) is 5.56 Å². The minimum Gasteiger partial charge on any atom is -0.293 e. The van der Waals surface area contributed by atoms with Crippen molar-refractivity contribution >= 4 is 17.5 Å². The van der Waals surface area contributed by atoms with E-state index in [2.05, 4.69) is 0 Å². The normalized spacial score (nSPS) is 25.5. The lowest BCUT2D eigenvalue weighted by molar-refractivity contribution is 0.0948. The van der Waals surface area contributed by atoms with E-state index in [9.17, 15) is 9.18 Å². The van der Waals surface area contributed by atoms with E-state index in [1.165, 1.54) is 12.1 Å². The van der Waals surface area contributed by atoms with Gasteiger partial charge in [-0.05, 0) is 37.7 Å². The van der Waals surface area contributed by atoms with E-state index in [1.54, 1.807) is 23.9 Å². The fourth-order valence-corrected chi connectivity index (χ4v) is 3.17. The first kappa shape index (κ1) is 10.7. The fourth-order valence-electron chi connectivity index (χ4n) is 1.89. The van der Waals surface area contributed by atoms with E-state index >= 15 is 0 Å². The van der Waals surface area contributed by atoms with Crippen molar-refractivity contribution in [3.8, 4) is 0 Å². The second-order valence-corrected chi connectivity index (χ2v) is 5.62. The van der Waals surface area contributed by atoms with E-state index in [-0.39, 0.29) is 16.3 Å². The predicted octanol–water partition coefficient (Wildman–Crippen LogP) is 3.29. The molecule has 0 N–H and O–H groups in total. The van der Waals surface area contributed by atoms with Gasteiger partial charge < -0.3 is 0 Å². The Morgan fingerprint density at radius 2 is 2.33 bits per heavy atom. The Hall–Kier alpha value is -0.830. The van der Waals surface area contributed by atoms with Crippen molar-refractivity contribution in [2.24, 2.45) is 0 Å². The van der Waals surface area contributed by atoms with Gasteiger partial charge in [0.25, 0.3) is 0 Å². The van der Waals surface area contributed by atoms with Crippen LogP contribution in [-0.2, 0) is 0 Å². The van der Waals surface area contributed by atoms with Gasteiger partial charge in [0.1, 0.15) is 5.82 Å². The summed E-state index contributed by atoms with van der Waals surface area (Å²) in [6.07, 6.45) is 1.97. The number of halogens is 1. The lowest BCUT2D eigenvalue weighted by Gasteiger charge is -2.20. The average molecular weight is 224 g/mol. The van der Waals surface area contributed by atoms with Gasteiger partial charge in [-0.25, -0.2) is 4.39 Å². The summed E-state index contributed by atoms with van der Waals surface area (Å²) in [6.45, 7) is 1.96. The van der Waals surface area contributed by atoms with Crippen LogP contribution in [0.1, 0.15) is 30.1 Å². The van der Waals surface area contributed by atoms with Gasteiger partial charge in [-0.3, -0.25) is 4.79 Å². The Bertz CT molecular complexity index is 383. The summed E-state index contributed by atoms with van der Waals surface area (Å²) in [5.41, 5.74) is 0.493. The fraction of sp³-hybridized carbons (Fsp3) is 0.417. The van der Waals surface area contributed by atoms with Crippen LogP contribution in [0.4, 0.5) is 4.39 Å². The van der Waals surface area contributed by atoms with Crippen molar-refractivity contribution in [3.63, 3.8) is 0 Å². The molecule has 1 aliphatic rings. The van der Waals surface area contributed by atoms with E-state index in [1.807, 2.05) is 6.92 Å². The van der Waals surface area contributed by atoms with E-state index in [0.29, 0.717) is 5.56 Å². The number of hydrogen-bond acceptors (Lipinski definition) is 2. The first-order chi connectivity index (χ1) is 7.12. The smallest absolute Gasteiger partial charge is 0.178 e. The lowest BCUT2D eigenvalue weighted by Crippen LogP contribution is -2.28. The Morgan fingerprint density at radius 1 is 1.53 bits per heavy atom. The van der Waals surface area contributed by atoms with Gasteiger partial charge in [-0.1, -0.05) is 12.1 Å². The molecule has 2 rings (SSSR count). The molecule has 1 saturated heterocycles. The largest absolute Gasteiger partial charge is 0.293 e. The van der Waals surface area contributed by atoms with Crippen molar-refractivity contribution in [2.45, 2.75) is 24.5 Å². The molecule has 0 aromatic heterocycles. The highest BCUT2D eigenvalue weighted by Crippen LogP contribution is 2.40. The van der Waals surface area contributed by atoms with E-state index < -0.39 is 0 Å². The second kappa shape index (κ2) is 3.97. The molecule has 0 aliphatic carbocycles. The summed E-state index contributed by atoms with van der Waals surface area (Å²) in [7, 11) is 0. The van der Waals surface area contributed by atoms with Crippen LogP contribution >= 0.6 is 11.8 Å². The molecule has 3 heteroatoms. The van der Waals surface area contributed by atoms with Crippen molar-refractivity contribution in [2.75, 3.05) is 5.75 Å². The Labute approximate surface area is 93.1 Å². The topological polar surface area (TPSA) is 17.1 Å². The summed E-state index contributed by atoms with van der Waals surface area (Å²) in [5, 5.41) is 0. The number of carbonyl (C=O) groups is 1. The molecule has 0 spiro atoms. The zero-order valence-electron chi connectivity index (χ0n) is 8.63. The second-order valence-electron chi connectivity index (χ2n) is 4.02. The molecular formula is C12H13FOS. The Morgan fingerprint density at radius 3 is 2.93 bits per heavy atom. The maximum Gasteiger partial charge on any atom is 0.178 e. The highest BCUT2D eigenvalue weighted by Gasteiger charge is 2.37. The molecule has 15 heavy (non-hydrogen) atoms. The van der Waals surface area contributed by atoms with Gasteiger partial charge in [0.05, 0.1) is 4.75 Å². The summed E-state index contributed by atoms with van der Waals surface area (Å²) in [5.74, 6) is 0.745. The third kappa shape index (κ3) is 2.07. The monoisotopic (exact) mass is 224 g/mol. The Balaban J connectivity index is 2.27. The molecule has 1 aromatic rings. The van der Waals surface area contributed by atoms with Crippen LogP contribution in [0.25, 0.3) is 0 Å². The summed E-state index contributed by atoms with van der Waals surface area (Å²) >= 11 is 1.68. The van der Waals surface area contributed by atoms with Crippen LogP contribution in [0.5, 0.6) is 0 Å². The van der Waals surface area contributed by atoms with Crippen LogP contribution in [-0.4, -0.2) is 16.3 Å². The number of hydrogen-bond donors (Lipinski definition) is 0. The first-order valence-electron chi connectivity index (χ1n) is 5.06. The van der Waals surface area contributed by atoms with Crippen molar-refractivity contribution in [3.05, 3.63) is 35.6 Å². The van der Waals surface area contributed by atoms with Crippen LogP contribution in [0.15, 0.2) is 24.3 Å². The van der Waals surface area contributed by atoms with Gasteiger partial charge >= 0.3 is 0 Å². The molecule has 1 fully saturated rings. The first-order valence-corrected chi connectivity index (χ1v) is 6.05. The van der Waals surface area contributed by atoms with Crippen LogP contribution in [0.2, 0.25) is 0 Å². The molecule has 0 radical (unpaired) electrons. The maximum absolute atomic E-state index is 13.0. The van der Waals surface area contributed by atoms with E-state index in [4.69, 9.17) is 0 Å². The molecule has 1 atom stereocenters. The number of benzene rings is 1. The highest BCUT2D eigenvalue weighted by molar-refractivity contribution is 8.01. The third-order valence-electron chi connectivity index (χ3n) is 2.79. The van der Waals surface area contributed by atoms with E-state index in [0.717, 1.165) is 18.6 Å². The van der Waals surface area contributed by atoms with Crippen molar-refractivity contribution < 1.29 is 9.18 Å². The number of Topliss-reactive ketones (excluding diaryl/α,β-unsaturated/α-hetero) is 1. The zero-order chi connectivity index (χ0) is 10.9. The zero-order valence-corrected chi connectivity index (χ0v) is 9.44. The summed E-state index contributed by atoms with van der Waals surface area (Å²) < 4.78 is 12.6. The highest BCUT2D eigenvalue weighted by atomic mass is 32.2. The molecule has 80 valence electrons. The lowest BCUT2D eigenvalue weighted by atomic mass is 9.95. The van der Waals surface area contributed by atoms with Crippen molar-refractivity contribution in [1.82, 2.24) is 0 Å². The van der Waals surface area contributed by atoms with Gasteiger partial charge in [0.2, 0.25) is 0 Å². The van der Waals surface area contributed by atoms with Gasteiger partial charge in [-0.15, -0.1) is 11.8 Å². The molecule has 1 unspecified atom stereocenters. The summed E-state index contributed by atoms with van der Waals surface area (Å²) in [4.78, 5) is 12.1. The predicted molar refractivity (Wildman–Crippen MR) is 60.8 cm³/mol. The minimum atomic E-state index is -0.340. The van der Waals surface area contributed by atoms with Gasteiger partial charge in [0.15, 0.2) is 5.78 Å². The van der Waals surface area contributed by atoms with Crippen molar-refractivity contribution in [1.29, 1.82) is 0 Å². The SMILES string of the molecule is CC1(C(=O)c2cccc(F)c2)CCCS1. The van der Waals surface area contributed by atoms with Crippen LogP contribution in [0, 0.1) is 5.82 Å². The molecule has 0 saturated carbocycles. The number of carbonyl (C=O) groups excluding carboxylic acids is 1. The molecule has 1 aromatic carbocycles. The summed E-state index contributed by atoms with van der Waals surface area (Å²) in [6, 6.07) is 5.97. The maximum atomic E-state index is 13.0. The molecule has 1 aliphatic heterocycles. The van der Waals surface area contributed by atoms with Crippen LogP contribution in [0.3, 0.4) is 0 Å². The molecule has 0 bridgehead atoms. The molecule has 1 nitrogen and oxygen atoms in total. The molecule has 0 amide bonds. The van der Waals surface area contributed by atoms with Gasteiger partial charge in [-0.2, -0.15) is 0 Å². The minimum absolute atomic E-state index is 0.0597.